The zero-order valence-corrected chi connectivity index (χ0v) is 29.7. The van der Waals surface area contributed by atoms with Crippen LogP contribution in [0.25, 0.3) is 0 Å². The maximum Gasteiger partial charge on any atom is 0.310 e. The van der Waals surface area contributed by atoms with E-state index in [1.807, 2.05) is 13.8 Å². The van der Waals surface area contributed by atoms with Crippen LogP contribution in [0.4, 0.5) is 0 Å². The van der Waals surface area contributed by atoms with Gasteiger partial charge in [-0.1, -0.05) is 46.3 Å². The molecule has 0 radical (unpaired) electrons. The van der Waals surface area contributed by atoms with Crippen LogP contribution < -0.4 is 0 Å². The number of hydrogen-bond donors (Lipinski definition) is 9. The molecule has 49 heavy (non-hydrogen) atoms. The average molecular weight is 697 g/mol. The Morgan fingerprint density at radius 1 is 0.918 bits per heavy atom. The summed E-state index contributed by atoms with van der Waals surface area (Å²) in [6.07, 6.45) is -2.82. The molecule has 17 unspecified atom stereocenters. The third-order valence-corrected chi connectivity index (χ3v) is 16.0. The van der Waals surface area contributed by atoms with Gasteiger partial charge in [0.15, 0.2) is 6.29 Å². The van der Waals surface area contributed by atoms with Crippen LogP contribution in [0.2, 0.25) is 0 Å². The van der Waals surface area contributed by atoms with Crippen LogP contribution in [0.3, 0.4) is 0 Å². The second kappa shape index (κ2) is 12.5. The van der Waals surface area contributed by atoms with Gasteiger partial charge in [-0.15, -0.1) is 0 Å². The first-order valence-corrected chi connectivity index (χ1v) is 18.3. The lowest BCUT2D eigenvalue weighted by Crippen LogP contribution is -2.74. The lowest BCUT2D eigenvalue weighted by atomic mass is 9.31. The van der Waals surface area contributed by atoms with E-state index < -0.39 is 95.1 Å². The lowest BCUT2D eigenvalue weighted by molar-refractivity contribution is -0.345. The lowest BCUT2D eigenvalue weighted by Gasteiger charge is -2.73. The second-order valence-corrected chi connectivity index (χ2v) is 18.1. The van der Waals surface area contributed by atoms with E-state index in [1.54, 1.807) is 0 Å². The molecule has 6 rings (SSSR count). The Kier molecular flexibility index (Phi) is 9.55. The van der Waals surface area contributed by atoms with Gasteiger partial charge in [0.1, 0.15) is 18.3 Å². The summed E-state index contributed by atoms with van der Waals surface area (Å²) >= 11 is 0. The van der Waals surface area contributed by atoms with Gasteiger partial charge in [0.25, 0.3) is 0 Å². The van der Waals surface area contributed by atoms with Crippen molar-refractivity contribution in [2.24, 2.45) is 56.2 Å². The molecule has 0 amide bonds. The summed E-state index contributed by atoms with van der Waals surface area (Å²) in [6, 6.07) is 0. The van der Waals surface area contributed by atoms with Gasteiger partial charge in [0.05, 0.1) is 43.5 Å². The van der Waals surface area contributed by atoms with Crippen LogP contribution in [0, 0.1) is 56.2 Å². The summed E-state index contributed by atoms with van der Waals surface area (Å²) in [6.45, 7) is 9.12. The highest BCUT2D eigenvalue weighted by molar-refractivity contribution is 5.76. The topological polar surface area (TPSA) is 218 Å². The Balaban J connectivity index is 1.44. The Morgan fingerprint density at radius 3 is 2.20 bits per heavy atom. The normalized spacial score (nSPS) is 54.8. The standard InChI is InChI=1S/C37H60O12/c1-32(17-39)10-12-37(31(46)47)13-11-34(3)19(20(37)14-32)6-7-24-35(34,4)9-8-23-33(2,18-40)29(27(44)25(21(41)15-38)36(23,24)5)49-30-28(45)26(43)22(42)16-48-30/h6,20-30,38-45H,7-18H2,1-5H3,(H,46,47). The maximum absolute atomic E-state index is 13.1. The minimum atomic E-state index is -1.62. The van der Waals surface area contributed by atoms with Crippen LogP contribution in [0.1, 0.15) is 86.0 Å². The summed E-state index contributed by atoms with van der Waals surface area (Å²) < 4.78 is 11.8. The molecular formula is C37H60O12. The second-order valence-electron chi connectivity index (χ2n) is 18.1. The number of aliphatic carboxylic acids is 1. The Hall–Kier alpha value is -1.19. The molecule has 0 aromatic heterocycles. The van der Waals surface area contributed by atoms with Gasteiger partial charge in [0, 0.05) is 17.9 Å². The molecular weight excluding hydrogens is 636 g/mol. The van der Waals surface area contributed by atoms with Crippen LogP contribution in [-0.2, 0) is 14.3 Å². The molecule has 9 N–H and O–H groups in total. The number of carboxylic acid groups (broad SMARTS) is 1. The molecule has 4 saturated carbocycles. The SMILES string of the molecule is CC1(CO)CCC2(C(=O)O)CCC3(C)C(=CCC4C5(C)C(C(O)CO)C(O)C(OC6OCC(O)C(O)C6O)C(C)(CO)C5CCC43C)C2C1. The van der Waals surface area contributed by atoms with Crippen molar-refractivity contribution in [1.29, 1.82) is 0 Å². The van der Waals surface area contributed by atoms with E-state index in [0.29, 0.717) is 44.9 Å². The number of allylic oxidation sites excluding steroid dienone is 2. The summed E-state index contributed by atoms with van der Waals surface area (Å²) in [7, 11) is 0. The van der Waals surface area contributed by atoms with E-state index in [-0.39, 0.29) is 36.4 Å². The van der Waals surface area contributed by atoms with Gasteiger partial charge in [-0.05, 0) is 90.8 Å². The van der Waals surface area contributed by atoms with Crippen molar-refractivity contribution in [1.82, 2.24) is 0 Å². The summed E-state index contributed by atoms with van der Waals surface area (Å²) in [5.41, 5.74) is -2.89. The summed E-state index contributed by atoms with van der Waals surface area (Å²) in [4.78, 5) is 13.1. The number of fused-ring (bicyclic) bond motifs is 7. The van der Waals surface area contributed by atoms with Crippen molar-refractivity contribution < 1.29 is 60.2 Å². The predicted molar refractivity (Wildman–Crippen MR) is 175 cm³/mol. The molecule has 0 aromatic rings. The molecule has 12 heteroatoms. The molecule has 12 nitrogen and oxygen atoms in total. The van der Waals surface area contributed by atoms with Crippen LogP contribution in [-0.4, -0.2) is 121 Å². The molecule has 5 fully saturated rings. The van der Waals surface area contributed by atoms with Gasteiger partial charge in [-0.25, -0.2) is 0 Å². The van der Waals surface area contributed by atoms with Crippen molar-refractivity contribution in [2.75, 3.05) is 26.4 Å². The van der Waals surface area contributed by atoms with Crippen molar-refractivity contribution in [3.63, 3.8) is 0 Å². The van der Waals surface area contributed by atoms with Gasteiger partial charge < -0.3 is 55.4 Å². The monoisotopic (exact) mass is 696 g/mol. The zero-order valence-electron chi connectivity index (χ0n) is 29.7. The van der Waals surface area contributed by atoms with E-state index in [2.05, 4.69) is 26.8 Å². The number of rotatable bonds is 7. The van der Waals surface area contributed by atoms with E-state index in [0.717, 1.165) is 12.0 Å². The molecule has 280 valence electrons. The molecule has 0 bridgehead atoms. The first kappa shape index (κ1) is 37.6. The third-order valence-electron chi connectivity index (χ3n) is 16.0. The summed E-state index contributed by atoms with van der Waals surface area (Å²) in [5, 5.41) is 97.6. The largest absolute Gasteiger partial charge is 0.481 e. The number of aliphatic hydroxyl groups is 8. The molecule has 17 atom stereocenters. The number of ether oxygens (including phenoxy) is 2. The van der Waals surface area contributed by atoms with Crippen molar-refractivity contribution in [2.45, 2.75) is 129 Å². The number of carbonyl (C=O) groups is 1. The van der Waals surface area contributed by atoms with Gasteiger partial charge >= 0.3 is 5.97 Å². The predicted octanol–water partition coefficient (Wildman–Crippen LogP) is 1.19. The van der Waals surface area contributed by atoms with Crippen molar-refractivity contribution in [3.05, 3.63) is 11.6 Å². The minimum absolute atomic E-state index is 0.00704. The van der Waals surface area contributed by atoms with Gasteiger partial charge in [0.2, 0.25) is 0 Å². The van der Waals surface area contributed by atoms with Crippen molar-refractivity contribution in [3.8, 4) is 0 Å². The minimum Gasteiger partial charge on any atom is -0.481 e. The summed E-state index contributed by atoms with van der Waals surface area (Å²) in [5.74, 6) is -2.39. The molecule has 5 aliphatic carbocycles. The highest BCUT2D eigenvalue weighted by atomic mass is 16.7. The Labute approximate surface area is 289 Å². The van der Waals surface area contributed by atoms with Crippen molar-refractivity contribution >= 4 is 5.97 Å². The highest BCUT2D eigenvalue weighted by Gasteiger charge is 2.74. The fourth-order valence-corrected chi connectivity index (χ4v) is 12.9. The Bertz CT molecular complexity index is 1310. The number of carboxylic acids is 1. The molecule has 6 aliphatic rings. The number of hydrogen-bond acceptors (Lipinski definition) is 11. The first-order valence-electron chi connectivity index (χ1n) is 18.3. The van der Waals surface area contributed by atoms with E-state index in [9.17, 15) is 50.8 Å². The molecule has 1 saturated heterocycles. The average Bonchev–Trinajstić information content (AvgIpc) is 3.06. The van der Waals surface area contributed by atoms with Gasteiger partial charge in [-0.3, -0.25) is 4.79 Å². The van der Waals surface area contributed by atoms with E-state index >= 15 is 0 Å². The number of aliphatic hydroxyl groups excluding tert-OH is 8. The fourth-order valence-electron chi connectivity index (χ4n) is 12.9. The molecule has 1 aliphatic heterocycles. The smallest absolute Gasteiger partial charge is 0.310 e. The maximum atomic E-state index is 13.1. The quantitative estimate of drug-likeness (QED) is 0.136. The van der Waals surface area contributed by atoms with Crippen LogP contribution in [0.5, 0.6) is 0 Å². The zero-order chi connectivity index (χ0) is 36.1. The van der Waals surface area contributed by atoms with E-state index in [4.69, 9.17) is 9.47 Å². The Morgan fingerprint density at radius 2 is 1.59 bits per heavy atom. The molecule has 0 aromatic carbocycles. The highest BCUT2D eigenvalue weighted by Crippen LogP contribution is 2.77. The third kappa shape index (κ3) is 5.02. The molecule has 0 spiro atoms. The van der Waals surface area contributed by atoms with Crippen LogP contribution in [0.15, 0.2) is 11.6 Å². The fraction of sp³-hybridized carbons (Fsp3) is 0.919. The first-order chi connectivity index (χ1) is 22.8. The van der Waals surface area contributed by atoms with E-state index in [1.165, 1.54) is 0 Å². The van der Waals surface area contributed by atoms with Crippen LogP contribution >= 0.6 is 0 Å². The van der Waals surface area contributed by atoms with Gasteiger partial charge in [-0.2, -0.15) is 0 Å². The molecule has 1 heterocycles.